The maximum Gasteiger partial charge on any atom is 0.341 e. The quantitative estimate of drug-likeness (QED) is 0.297. The van der Waals surface area contributed by atoms with Gasteiger partial charge in [0, 0.05) is 19.2 Å². The Morgan fingerprint density at radius 2 is 1.76 bits per heavy atom. The minimum Gasteiger partial charge on any atom is -0.486 e. The van der Waals surface area contributed by atoms with E-state index in [1.807, 2.05) is 13.0 Å². The van der Waals surface area contributed by atoms with Crippen molar-refractivity contribution in [1.82, 2.24) is 5.32 Å². The van der Waals surface area contributed by atoms with Gasteiger partial charge in [0.2, 0.25) is 5.43 Å². The van der Waals surface area contributed by atoms with Gasteiger partial charge in [-0.2, -0.15) is 0 Å². The van der Waals surface area contributed by atoms with Crippen molar-refractivity contribution in [1.29, 1.82) is 0 Å². The third-order valence-corrected chi connectivity index (χ3v) is 5.53. The number of hydrogen-bond acceptors (Lipinski definition) is 9. The van der Waals surface area contributed by atoms with Crippen LogP contribution in [-0.4, -0.2) is 67.4 Å². The fourth-order valence-electron chi connectivity index (χ4n) is 3.93. The van der Waals surface area contributed by atoms with E-state index < -0.39 is 12.6 Å². The zero-order valence-electron chi connectivity index (χ0n) is 21.0. The highest BCUT2D eigenvalue weighted by atomic mass is 16.6. The van der Waals surface area contributed by atoms with Gasteiger partial charge in [-0.1, -0.05) is 19.4 Å². The van der Waals surface area contributed by atoms with Gasteiger partial charge >= 0.3 is 5.97 Å². The van der Waals surface area contributed by atoms with E-state index in [1.54, 1.807) is 31.2 Å². The molecule has 4 rings (SSSR count). The van der Waals surface area contributed by atoms with E-state index in [9.17, 15) is 9.59 Å². The Morgan fingerprint density at radius 1 is 1.05 bits per heavy atom. The number of aliphatic carboxylic acids is 1. The normalized spacial score (nSPS) is 12.1. The number of aliphatic hydroxyl groups excluding tert-OH is 2. The SMILES string of the molecule is CCCc1cc2c(=O)c(-c3ccc4c(c3)OCCO4)c(C)oc2cc1OCC(=O)O.OCCNCCO. The Labute approximate surface area is 214 Å². The molecule has 0 saturated carbocycles. The van der Waals surface area contributed by atoms with E-state index in [4.69, 9.17) is 33.9 Å². The van der Waals surface area contributed by atoms with Crippen LogP contribution in [0, 0.1) is 6.92 Å². The number of nitrogens with one attached hydrogen (secondary N) is 1. The molecule has 0 radical (unpaired) electrons. The van der Waals surface area contributed by atoms with Crippen molar-refractivity contribution in [2.75, 3.05) is 46.1 Å². The Hall–Kier alpha value is -3.60. The number of carboxylic acids is 1. The highest BCUT2D eigenvalue weighted by molar-refractivity contribution is 5.85. The average molecular weight is 516 g/mol. The predicted molar refractivity (Wildman–Crippen MR) is 138 cm³/mol. The van der Waals surface area contributed by atoms with Gasteiger partial charge in [-0.3, -0.25) is 4.79 Å². The molecule has 1 aromatic heterocycles. The van der Waals surface area contributed by atoms with E-state index in [0.717, 1.165) is 12.0 Å². The van der Waals surface area contributed by atoms with Crippen molar-refractivity contribution < 1.29 is 38.7 Å². The predicted octanol–water partition coefficient (Wildman–Crippen LogP) is 2.52. The minimum absolute atomic E-state index is 0.139. The van der Waals surface area contributed by atoms with Crippen molar-refractivity contribution in [3.8, 4) is 28.4 Å². The number of ether oxygens (including phenoxy) is 3. The first-order valence-corrected chi connectivity index (χ1v) is 12.2. The van der Waals surface area contributed by atoms with Crippen LogP contribution in [0.1, 0.15) is 24.7 Å². The van der Waals surface area contributed by atoms with Gasteiger partial charge in [0.1, 0.15) is 30.3 Å². The standard InChI is InChI=1S/C23H22O7.C4H11NO2/c1-3-4-14-9-16-19(11-18(14)29-12-21(24)25)30-13(2)22(23(16)26)15-5-6-17-20(10-15)28-8-7-27-17;6-3-1-5-2-4-7/h5-6,9-11H,3-4,7-8,12H2,1-2H3,(H,24,25);5-7H,1-4H2. The van der Waals surface area contributed by atoms with Crippen LogP contribution in [0.25, 0.3) is 22.1 Å². The van der Waals surface area contributed by atoms with Crippen LogP contribution in [0.3, 0.4) is 0 Å². The van der Waals surface area contributed by atoms with Crippen LogP contribution < -0.4 is 25.0 Å². The fourth-order valence-corrected chi connectivity index (χ4v) is 3.93. The summed E-state index contributed by atoms with van der Waals surface area (Å²) in [7, 11) is 0. The van der Waals surface area contributed by atoms with Gasteiger partial charge in [-0.15, -0.1) is 0 Å². The molecule has 3 aromatic rings. The number of benzene rings is 2. The highest BCUT2D eigenvalue weighted by Gasteiger charge is 2.19. The molecule has 0 aliphatic carbocycles. The van der Waals surface area contributed by atoms with E-state index in [-0.39, 0.29) is 18.6 Å². The van der Waals surface area contributed by atoms with Gasteiger partial charge in [0.05, 0.1) is 24.2 Å². The summed E-state index contributed by atoms with van der Waals surface area (Å²) in [4.78, 5) is 24.3. The Bertz CT molecular complexity index is 1260. The van der Waals surface area contributed by atoms with E-state index in [1.165, 1.54) is 0 Å². The summed E-state index contributed by atoms with van der Waals surface area (Å²) in [6, 6.07) is 8.74. The van der Waals surface area contributed by atoms with E-state index in [2.05, 4.69) is 5.32 Å². The lowest BCUT2D eigenvalue weighted by Gasteiger charge is -2.19. The number of carbonyl (C=O) groups is 1. The summed E-state index contributed by atoms with van der Waals surface area (Å²) in [6.07, 6.45) is 1.47. The number of rotatable bonds is 10. The largest absolute Gasteiger partial charge is 0.486 e. The summed E-state index contributed by atoms with van der Waals surface area (Å²) in [5, 5.41) is 28.4. The molecule has 0 spiro atoms. The van der Waals surface area contributed by atoms with Gasteiger partial charge < -0.3 is 39.3 Å². The smallest absolute Gasteiger partial charge is 0.341 e. The molecule has 1 aliphatic heterocycles. The maximum atomic E-state index is 13.4. The summed E-state index contributed by atoms with van der Waals surface area (Å²) in [5.41, 5.74) is 2.12. The molecule has 0 saturated heterocycles. The van der Waals surface area contributed by atoms with Crippen LogP contribution >= 0.6 is 0 Å². The topological polar surface area (TPSA) is 148 Å². The van der Waals surface area contributed by atoms with Crippen LogP contribution in [0.2, 0.25) is 0 Å². The van der Waals surface area contributed by atoms with Crippen LogP contribution in [0.4, 0.5) is 0 Å². The molecule has 2 heterocycles. The molecule has 10 nitrogen and oxygen atoms in total. The Balaban J connectivity index is 0.000000479. The number of hydrogen-bond donors (Lipinski definition) is 4. The zero-order valence-corrected chi connectivity index (χ0v) is 21.0. The zero-order chi connectivity index (χ0) is 26.8. The molecule has 0 atom stereocenters. The van der Waals surface area contributed by atoms with Gasteiger partial charge in [-0.25, -0.2) is 4.79 Å². The molecule has 0 unspecified atom stereocenters. The number of carboxylic acid groups (broad SMARTS) is 1. The number of aliphatic hydroxyl groups is 2. The van der Waals surface area contributed by atoms with Crippen LogP contribution in [0.15, 0.2) is 39.5 Å². The number of fused-ring (bicyclic) bond motifs is 2. The monoisotopic (exact) mass is 515 g/mol. The second-order valence-electron chi connectivity index (χ2n) is 8.31. The van der Waals surface area contributed by atoms with Gasteiger partial charge in [-0.05, 0) is 42.7 Å². The van der Waals surface area contributed by atoms with Crippen molar-refractivity contribution >= 4 is 16.9 Å². The van der Waals surface area contributed by atoms with Crippen molar-refractivity contribution in [3.05, 3.63) is 51.9 Å². The molecule has 200 valence electrons. The first kappa shape index (κ1) is 28.0. The highest BCUT2D eigenvalue weighted by Crippen LogP contribution is 2.36. The summed E-state index contributed by atoms with van der Waals surface area (Å²) < 4.78 is 22.6. The first-order chi connectivity index (χ1) is 17.9. The van der Waals surface area contributed by atoms with E-state index >= 15 is 0 Å². The first-order valence-electron chi connectivity index (χ1n) is 12.2. The van der Waals surface area contributed by atoms with Crippen molar-refractivity contribution in [3.63, 3.8) is 0 Å². The van der Waals surface area contributed by atoms with Crippen molar-refractivity contribution in [2.24, 2.45) is 0 Å². The Morgan fingerprint density at radius 3 is 2.41 bits per heavy atom. The third kappa shape index (κ3) is 7.22. The third-order valence-electron chi connectivity index (χ3n) is 5.53. The Kier molecular flexibility index (Phi) is 10.3. The van der Waals surface area contributed by atoms with Crippen molar-refractivity contribution in [2.45, 2.75) is 26.7 Å². The van der Waals surface area contributed by atoms with Gasteiger partial charge in [0.25, 0.3) is 0 Å². The minimum atomic E-state index is -1.07. The number of aryl methyl sites for hydroxylation is 2. The van der Waals surface area contributed by atoms with E-state index in [0.29, 0.717) is 77.8 Å². The molecule has 0 amide bonds. The molecule has 2 aromatic carbocycles. The molecule has 37 heavy (non-hydrogen) atoms. The molecule has 0 fully saturated rings. The van der Waals surface area contributed by atoms with Gasteiger partial charge in [0.15, 0.2) is 18.1 Å². The molecular weight excluding hydrogens is 482 g/mol. The van der Waals surface area contributed by atoms with Crippen LogP contribution in [-0.2, 0) is 11.2 Å². The molecule has 0 bridgehead atoms. The molecule has 10 heteroatoms. The fraction of sp³-hybridized carbons (Fsp3) is 0.407. The summed E-state index contributed by atoms with van der Waals surface area (Å²) in [6.45, 7) is 5.65. The summed E-state index contributed by atoms with van der Waals surface area (Å²) >= 11 is 0. The summed E-state index contributed by atoms with van der Waals surface area (Å²) in [5.74, 6) is 1.06. The molecular formula is C27H33NO9. The lowest BCUT2D eigenvalue weighted by molar-refractivity contribution is -0.139. The van der Waals surface area contributed by atoms with Crippen LogP contribution in [0.5, 0.6) is 17.2 Å². The second kappa shape index (κ2) is 13.6. The lowest BCUT2D eigenvalue weighted by atomic mass is 9.99. The second-order valence-corrected chi connectivity index (χ2v) is 8.31. The molecule has 4 N–H and O–H groups in total. The molecule has 1 aliphatic rings. The average Bonchev–Trinajstić information content (AvgIpc) is 2.88. The maximum absolute atomic E-state index is 13.4. The lowest BCUT2D eigenvalue weighted by Crippen LogP contribution is -2.21.